The van der Waals surface area contributed by atoms with E-state index in [9.17, 15) is 4.79 Å². The molecule has 0 spiro atoms. The number of carbonyl (C=O) groups is 1. The summed E-state index contributed by atoms with van der Waals surface area (Å²) < 4.78 is 16.1. The Balaban J connectivity index is 1.61. The van der Waals surface area contributed by atoms with Crippen molar-refractivity contribution in [3.8, 4) is 11.5 Å². The molecular formula is C14H17NO5. The highest BCUT2D eigenvalue weighted by Crippen LogP contribution is 2.32. The molecule has 1 unspecified atom stereocenters. The first kappa shape index (κ1) is 13.2. The molecule has 1 fully saturated rings. The Morgan fingerprint density at radius 2 is 2.20 bits per heavy atom. The molecule has 0 amide bonds. The van der Waals surface area contributed by atoms with Crippen LogP contribution in [0.5, 0.6) is 11.5 Å². The van der Waals surface area contributed by atoms with Crippen LogP contribution >= 0.6 is 0 Å². The van der Waals surface area contributed by atoms with Gasteiger partial charge in [-0.25, -0.2) is 0 Å². The number of carboxylic acids is 1. The summed E-state index contributed by atoms with van der Waals surface area (Å²) in [5.74, 6) is 0.734. The molecule has 1 N–H and O–H groups in total. The molecule has 1 aromatic rings. The molecule has 1 atom stereocenters. The van der Waals surface area contributed by atoms with E-state index in [1.807, 2.05) is 18.2 Å². The third-order valence-corrected chi connectivity index (χ3v) is 3.47. The number of hydrogen-bond acceptors (Lipinski definition) is 5. The van der Waals surface area contributed by atoms with Crippen molar-refractivity contribution >= 4 is 5.97 Å². The summed E-state index contributed by atoms with van der Waals surface area (Å²) in [6.45, 7) is 3.06. The summed E-state index contributed by atoms with van der Waals surface area (Å²) in [6, 6.07) is 5.89. The van der Waals surface area contributed by atoms with Gasteiger partial charge in [0.05, 0.1) is 19.1 Å². The van der Waals surface area contributed by atoms with Gasteiger partial charge < -0.3 is 19.3 Å². The van der Waals surface area contributed by atoms with Crippen molar-refractivity contribution in [1.29, 1.82) is 0 Å². The minimum Gasteiger partial charge on any atom is -0.481 e. The van der Waals surface area contributed by atoms with Gasteiger partial charge in [0.15, 0.2) is 11.5 Å². The van der Waals surface area contributed by atoms with E-state index >= 15 is 0 Å². The van der Waals surface area contributed by atoms with Crippen molar-refractivity contribution in [3.63, 3.8) is 0 Å². The molecule has 0 radical (unpaired) electrons. The molecule has 6 nitrogen and oxygen atoms in total. The van der Waals surface area contributed by atoms with Gasteiger partial charge in [-0.05, 0) is 17.7 Å². The van der Waals surface area contributed by atoms with Crippen LogP contribution in [0.3, 0.4) is 0 Å². The number of fused-ring (bicyclic) bond motifs is 1. The Morgan fingerprint density at radius 1 is 1.35 bits per heavy atom. The second kappa shape index (κ2) is 5.68. The molecule has 2 aliphatic heterocycles. The number of nitrogens with zero attached hydrogens (tertiary/aromatic N) is 1. The zero-order chi connectivity index (χ0) is 13.9. The summed E-state index contributed by atoms with van der Waals surface area (Å²) in [5, 5.41) is 8.82. The fourth-order valence-electron chi connectivity index (χ4n) is 2.54. The third kappa shape index (κ3) is 3.02. The molecule has 6 heteroatoms. The van der Waals surface area contributed by atoms with Gasteiger partial charge in [-0.3, -0.25) is 9.69 Å². The minimum atomic E-state index is -0.820. The van der Waals surface area contributed by atoms with Crippen LogP contribution < -0.4 is 9.47 Å². The van der Waals surface area contributed by atoms with Crippen LogP contribution in [0.25, 0.3) is 0 Å². The highest BCUT2D eigenvalue weighted by molar-refractivity contribution is 5.67. The van der Waals surface area contributed by atoms with E-state index < -0.39 is 5.97 Å². The maximum absolute atomic E-state index is 10.7. The van der Waals surface area contributed by atoms with Crippen LogP contribution in [-0.4, -0.2) is 48.6 Å². The lowest BCUT2D eigenvalue weighted by molar-refractivity contribution is -0.142. The van der Waals surface area contributed by atoms with E-state index in [4.69, 9.17) is 19.3 Å². The normalized spacial score (nSPS) is 21.9. The Hall–Kier alpha value is -1.79. The Labute approximate surface area is 116 Å². The Morgan fingerprint density at radius 3 is 3.05 bits per heavy atom. The number of morpholine rings is 1. The van der Waals surface area contributed by atoms with E-state index in [2.05, 4.69) is 4.90 Å². The lowest BCUT2D eigenvalue weighted by Gasteiger charge is -2.32. The maximum Gasteiger partial charge on any atom is 0.306 e. The Bertz CT molecular complexity index is 504. The average Bonchev–Trinajstić information content (AvgIpc) is 2.85. The number of rotatable bonds is 4. The van der Waals surface area contributed by atoms with Gasteiger partial charge in [0.2, 0.25) is 6.79 Å². The molecule has 1 aromatic carbocycles. The first-order valence-corrected chi connectivity index (χ1v) is 6.65. The molecule has 0 saturated carbocycles. The molecule has 0 aromatic heterocycles. The molecule has 3 rings (SSSR count). The predicted molar refractivity (Wildman–Crippen MR) is 69.8 cm³/mol. The number of benzene rings is 1. The summed E-state index contributed by atoms with van der Waals surface area (Å²) in [4.78, 5) is 12.9. The lowest BCUT2D eigenvalue weighted by Crippen LogP contribution is -2.42. The van der Waals surface area contributed by atoms with Crippen LogP contribution in [0.4, 0.5) is 0 Å². The zero-order valence-electron chi connectivity index (χ0n) is 11.1. The average molecular weight is 279 g/mol. The molecule has 2 heterocycles. The lowest BCUT2D eigenvalue weighted by atomic mass is 10.1. The van der Waals surface area contributed by atoms with Gasteiger partial charge in [-0.15, -0.1) is 0 Å². The largest absolute Gasteiger partial charge is 0.481 e. The summed E-state index contributed by atoms with van der Waals surface area (Å²) in [6.07, 6.45) is -0.173. The van der Waals surface area contributed by atoms with Crippen molar-refractivity contribution < 1.29 is 24.1 Å². The van der Waals surface area contributed by atoms with Crippen LogP contribution in [0.1, 0.15) is 12.0 Å². The van der Waals surface area contributed by atoms with Crippen LogP contribution in [0.15, 0.2) is 18.2 Å². The number of hydrogen-bond donors (Lipinski definition) is 1. The molecular weight excluding hydrogens is 262 g/mol. The highest BCUT2D eigenvalue weighted by Gasteiger charge is 2.23. The smallest absolute Gasteiger partial charge is 0.306 e. The van der Waals surface area contributed by atoms with Crippen molar-refractivity contribution in [2.45, 2.75) is 19.1 Å². The van der Waals surface area contributed by atoms with Crippen LogP contribution in [0, 0.1) is 0 Å². The Kier molecular flexibility index (Phi) is 3.75. The molecule has 0 aliphatic carbocycles. The van der Waals surface area contributed by atoms with Gasteiger partial charge in [-0.2, -0.15) is 0 Å². The molecule has 2 aliphatic rings. The topological polar surface area (TPSA) is 68.2 Å². The SMILES string of the molecule is O=C(O)CC1CN(Cc2ccc3c(c2)OCO3)CCO1. The summed E-state index contributed by atoms with van der Waals surface area (Å²) >= 11 is 0. The fourth-order valence-corrected chi connectivity index (χ4v) is 2.54. The maximum atomic E-state index is 10.7. The number of carboxylic acid groups (broad SMARTS) is 1. The monoisotopic (exact) mass is 279 g/mol. The van der Waals surface area contributed by atoms with Crippen LogP contribution in [-0.2, 0) is 16.1 Å². The number of aliphatic carboxylic acids is 1. The second-order valence-corrected chi connectivity index (χ2v) is 5.01. The van der Waals surface area contributed by atoms with Gasteiger partial charge >= 0.3 is 5.97 Å². The van der Waals surface area contributed by atoms with Gasteiger partial charge in [0.25, 0.3) is 0 Å². The fraction of sp³-hybridized carbons (Fsp3) is 0.500. The van der Waals surface area contributed by atoms with Crippen molar-refractivity contribution in [2.24, 2.45) is 0 Å². The number of ether oxygens (including phenoxy) is 3. The quantitative estimate of drug-likeness (QED) is 0.890. The van der Waals surface area contributed by atoms with Gasteiger partial charge in [-0.1, -0.05) is 6.07 Å². The first-order valence-electron chi connectivity index (χ1n) is 6.65. The standard InChI is InChI=1S/C14H17NO5/c16-14(17)6-11-8-15(3-4-18-11)7-10-1-2-12-13(5-10)20-9-19-12/h1-2,5,11H,3-4,6-9H2,(H,16,17). The van der Waals surface area contributed by atoms with Crippen molar-refractivity contribution in [2.75, 3.05) is 26.5 Å². The van der Waals surface area contributed by atoms with E-state index in [-0.39, 0.29) is 19.3 Å². The molecule has 1 saturated heterocycles. The van der Waals surface area contributed by atoms with E-state index in [1.165, 1.54) is 0 Å². The van der Waals surface area contributed by atoms with Crippen LogP contribution in [0.2, 0.25) is 0 Å². The zero-order valence-corrected chi connectivity index (χ0v) is 11.1. The minimum absolute atomic E-state index is 0.0532. The van der Waals surface area contributed by atoms with Crippen molar-refractivity contribution in [3.05, 3.63) is 23.8 Å². The first-order chi connectivity index (χ1) is 9.70. The van der Waals surface area contributed by atoms with E-state index in [0.717, 1.165) is 30.2 Å². The summed E-state index contributed by atoms with van der Waals surface area (Å²) in [7, 11) is 0. The summed E-state index contributed by atoms with van der Waals surface area (Å²) in [5.41, 5.74) is 1.13. The highest BCUT2D eigenvalue weighted by atomic mass is 16.7. The second-order valence-electron chi connectivity index (χ2n) is 5.01. The van der Waals surface area contributed by atoms with Crippen molar-refractivity contribution in [1.82, 2.24) is 4.90 Å². The third-order valence-electron chi connectivity index (χ3n) is 3.47. The molecule has 20 heavy (non-hydrogen) atoms. The van der Waals surface area contributed by atoms with E-state index in [1.54, 1.807) is 0 Å². The van der Waals surface area contributed by atoms with E-state index in [0.29, 0.717) is 13.2 Å². The van der Waals surface area contributed by atoms with Gasteiger partial charge in [0, 0.05) is 19.6 Å². The predicted octanol–water partition coefficient (Wildman–Crippen LogP) is 1.09. The van der Waals surface area contributed by atoms with Gasteiger partial charge in [0.1, 0.15) is 0 Å². The molecule has 108 valence electrons. The molecule has 0 bridgehead atoms.